The Morgan fingerprint density at radius 1 is 1.19 bits per heavy atom. The molecule has 0 unspecified atom stereocenters. The third kappa shape index (κ3) is 4.68. The fourth-order valence-corrected chi connectivity index (χ4v) is 3.91. The summed E-state index contributed by atoms with van der Waals surface area (Å²) in [5.74, 6) is 0.539. The summed E-state index contributed by atoms with van der Waals surface area (Å²) in [5, 5.41) is 3.68. The van der Waals surface area contributed by atoms with Crippen LogP contribution in [0, 0.1) is 5.92 Å². The van der Waals surface area contributed by atoms with Crippen molar-refractivity contribution in [3.8, 4) is 0 Å². The molecule has 4 heteroatoms. The molecule has 1 aliphatic carbocycles. The van der Waals surface area contributed by atoms with Crippen LogP contribution in [0.25, 0.3) is 0 Å². The molecule has 0 aromatic heterocycles. The first-order valence-corrected chi connectivity index (χ1v) is 8.82. The van der Waals surface area contributed by atoms with Crippen molar-refractivity contribution in [1.82, 2.24) is 10.2 Å². The Morgan fingerprint density at radius 3 is 2.24 bits per heavy atom. The number of nitrogens with two attached hydrogens (primary N) is 1. The van der Waals surface area contributed by atoms with Crippen molar-refractivity contribution in [1.29, 1.82) is 0 Å². The third-order valence-electron chi connectivity index (χ3n) is 5.14. The average molecular weight is 295 g/mol. The van der Waals surface area contributed by atoms with E-state index in [1.807, 2.05) is 0 Å². The van der Waals surface area contributed by atoms with E-state index in [1.54, 1.807) is 0 Å². The number of carbonyl (C=O) groups excluding carboxylic acids is 1. The molecule has 0 spiro atoms. The van der Waals surface area contributed by atoms with Crippen molar-refractivity contribution >= 4 is 5.91 Å². The number of hydrogen-bond acceptors (Lipinski definition) is 3. The Bertz CT molecular complexity index is 327. The molecule has 4 nitrogen and oxygen atoms in total. The highest BCUT2D eigenvalue weighted by Crippen LogP contribution is 2.26. The predicted molar refractivity (Wildman–Crippen MR) is 87.1 cm³/mol. The molecule has 21 heavy (non-hydrogen) atoms. The number of likely N-dealkylation sites (tertiary alicyclic amines) is 1. The molecule has 1 heterocycles. The number of hydrogen-bond donors (Lipinski definition) is 2. The summed E-state index contributed by atoms with van der Waals surface area (Å²) in [5.41, 5.74) is 5.33. The minimum absolute atomic E-state index is 0.143. The molecule has 0 atom stereocenters. The zero-order valence-electron chi connectivity index (χ0n) is 13.9. The normalized spacial score (nSPS) is 24.9. The number of carbonyl (C=O) groups is 1. The second-order valence-corrected chi connectivity index (χ2v) is 7.47. The summed E-state index contributed by atoms with van der Waals surface area (Å²) in [6.07, 6.45) is 9.37. The minimum atomic E-state index is -0.456. The second kappa shape index (κ2) is 7.59. The van der Waals surface area contributed by atoms with Gasteiger partial charge in [-0.3, -0.25) is 4.79 Å². The smallest absolute Gasteiger partial charge is 0.237 e. The lowest BCUT2D eigenvalue weighted by molar-refractivity contribution is -0.127. The minimum Gasteiger partial charge on any atom is -0.368 e. The molecule has 3 N–H and O–H groups in total. The number of amides is 1. The van der Waals surface area contributed by atoms with Crippen molar-refractivity contribution in [2.24, 2.45) is 11.7 Å². The quantitative estimate of drug-likeness (QED) is 0.765. The van der Waals surface area contributed by atoms with E-state index in [2.05, 4.69) is 24.1 Å². The van der Waals surface area contributed by atoms with Gasteiger partial charge in [0, 0.05) is 25.7 Å². The molecular weight excluding hydrogens is 262 g/mol. The molecule has 0 aromatic rings. The van der Waals surface area contributed by atoms with Gasteiger partial charge >= 0.3 is 0 Å². The maximum atomic E-state index is 12.1. The number of nitrogens with zero attached hydrogens (tertiary/aromatic N) is 1. The summed E-state index contributed by atoms with van der Waals surface area (Å²) in [4.78, 5) is 14.6. The van der Waals surface area contributed by atoms with Crippen LogP contribution >= 0.6 is 0 Å². The van der Waals surface area contributed by atoms with Crippen LogP contribution in [0.3, 0.4) is 0 Å². The lowest BCUT2D eigenvalue weighted by Gasteiger charge is -2.42. The summed E-state index contributed by atoms with van der Waals surface area (Å²) in [6.45, 7) is 7.60. The van der Waals surface area contributed by atoms with Crippen molar-refractivity contribution in [2.45, 2.75) is 76.8 Å². The van der Waals surface area contributed by atoms with Crippen molar-refractivity contribution < 1.29 is 4.79 Å². The maximum absolute atomic E-state index is 12.1. The molecule has 2 rings (SSSR count). The lowest BCUT2D eigenvalue weighted by atomic mass is 9.85. The molecule has 0 radical (unpaired) electrons. The SMILES string of the molecule is CC(C)CN1CCC(NC2CCCCCC2)(C(N)=O)CC1. The Labute approximate surface area is 129 Å². The lowest BCUT2D eigenvalue weighted by Crippen LogP contribution is -2.63. The first kappa shape index (κ1) is 16.8. The van der Waals surface area contributed by atoms with E-state index in [4.69, 9.17) is 5.73 Å². The number of primary amides is 1. The van der Waals surface area contributed by atoms with Gasteiger partial charge in [0.15, 0.2) is 0 Å². The first-order chi connectivity index (χ1) is 10.0. The Morgan fingerprint density at radius 2 is 1.76 bits per heavy atom. The highest BCUT2D eigenvalue weighted by Gasteiger charge is 2.41. The standard InChI is InChI=1S/C17H33N3O/c1-14(2)13-20-11-9-17(10-12-20,16(18)21)19-15-7-5-3-4-6-8-15/h14-15,19H,3-13H2,1-2H3,(H2,18,21). The van der Waals surface area contributed by atoms with E-state index in [9.17, 15) is 4.79 Å². The number of rotatable bonds is 5. The van der Waals surface area contributed by atoms with E-state index in [0.29, 0.717) is 12.0 Å². The molecule has 0 aromatic carbocycles. The maximum Gasteiger partial charge on any atom is 0.237 e. The third-order valence-corrected chi connectivity index (χ3v) is 5.14. The molecule has 1 saturated carbocycles. The van der Waals surface area contributed by atoms with Crippen molar-refractivity contribution in [2.75, 3.05) is 19.6 Å². The average Bonchev–Trinajstić information content (AvgIpc) is 2.69. The van der Waals surface area contributed by atoms with Gasteiger partial charge in [0.1, 0.15) is 5.54 Å². The van der Waals surface area contributed by atoms with Gasteiger partial charge in [0.05, 0.1) is 0 Å². The van der Waals surface area contributed by atoms with Gasteiger partial charge in [-0.1, -0.05) is 39.5 Å². The van der Waals surface area contributed by atoms with Gasteiger partial charge in [-0.15, -0.1) is 0 Å². The van der Waals surface area contributed by atoms with Crippen LogP contribution in [-0.4, -0.2) is 42.0 Å². The molecule has 1 saturated heterocycles. The first-order valence-electron chi connectivity index (χ1n) is 8.82. The van der Waals surface area contributed by atoms with Gasteiger partial charge in [-0.25, -0.2) is 0 Å². The van der Waals surface area contributed by atoms with Crippen molar-refractivity contribution in [3.63, 3.8) is 0 Å². The summed E-state index contributed by atoms with van der Waals surface area (Å²) in [7, 11) is 0. The molecule has 122 valence electrons. The Kier molecular flexibility index (Phi) is 6.06. The zero-order valence-corrected chi connectivity index (χ0v) is 13.9. The zero-order chi connectivity index (χ0) is 15.3. The molecule has 2 aliphatic rings. The van der Waals surface area contributed by atoms with E-state index in [-0.39, 0.29) is 5.91 Å². The highest BCUT2D eigenvalue weighted by atomic mass is 16.1. The van der Waals surface area contributed by atoms with Crippen LogP contribution in [-0.2, 0) is 4.79 Å². The summed E-state index contributed by atoms with van der Waals surface area (Å²) < 4.78 is 0. The second-order valence-electron chi connectivity index (χ2n) is 7.47. The number of piperidine rings is 1. The highest BCUT2D eigenvalue weighted by molar-refractivity contribution is 5.84. The van der Waals surface area contributed by atoms with Gasteiger partial charge in [-0.2, -0.15) is 0 Å². The van der Waals surface area contributed by atoms with Crippen LogP contribution in [0.4, 0.5) is 0 Å². The van der Waals surface area contributed by atoms with E-state index < -0.39 is 5.54 Å². The van der Waals surface area contributed by atoms with Gasteiger partial charge in [0.2, 0.25) is 5.91 Å². The fourth-order valence-electron chi connectivity index (χ4n) is 3.91. The van der Waals surface area contributed by atoms with Crippen LogP contribution < -0.4 is 11.1 Å². The monoisotopic (exact) mass is 295 g/mol. The molecule has 1 aliphatic heterocycles. The molecular formula is C17H33N3O. The Balaban J connectivity index is 1.93. The van der Waals surface area contributed by atoms with Crippen LogP contribution in [0.1, 0.15) is 65.2 Å². The van der Waals surface area contributed by atoms with E-state index >= 15 is 0 Å². The predicted octanol–water partition coefficient (Wildman–Crippen LogP) is 2.27. The van der Waals surface area contributed by atoms with Crippen LogP contribution in [0.15, 0.2) is 0 Å². The number of nitrogens with one attached hydrogen (secondary N) is 1. The van der Waals surface area contributed by atoms with Gasteiger partial charge in [0.25, 0.3) is 0 Å². The van der Waals surface area contributed by atoms with Crippen LogP contribution in [0.5, 0.6) is 0 Å². The summed E-state index contributed by atoms with van der Waals surface area (Å²) >= 11 is 0. The molecule has 1 amide bonds. The summed E-state index contributed by atoms with van der Waals surface area (Å²) in [6, 6.07) is 0.483. The van der Waals surface area contributed by atoms with E-state index in [0.717, 1.165) is 32.5 Å². The molecule has 0 bridgehead atoms. The molecule has 2 fully saturated rings. The van der Waals surface area contributed by atoms with Gasteiger partial charge < -0.3 is 16.0 Å². The largest absolute Gasteiger partial charge is 0.368 e. The van der Waals surface area contributed by atoms with E-state index in [1.165, 1.54) is 38.5 Å². The van der Waals surface area contributed by atoms with Crippen molar-refractivity contribution in [3.05, 3.63) is 0 Å². The topological polar surface area (TPSA) is 58.4 Å². The Hall–Kier alpha value is -0.610. The fraction of sp³-hybridized carbons (Fsp3) is 0.941. The van der Waals surface area contributed by atoms with Gasteiger partial charge in [-0.05, 0) is 31.6 Å². The van der Waals surface area contributed by atoms with Crippen LogP contribution in [0.2, 0.25) is 0 Å².